The standard InChI is InChI=1S/C16H14N4O/c1-12-5-6-13(19-16(21)20-9-8-17-11-20)10-14(12)15-4-2-3-7-18-15/h2-11H,1H3,(H,19,21). The zero-order chi connectivity index (χ0) is 14.7. The van der Waals surface area contributed by atoms with Crippen molar-refractivity contribution >= 4 is 11.7 Å². The second kappa shape index (κ2) is 5.58. The molecule has 3 rings (SSSR count). The molecule has 2 heterocycles. The Hall–Kier alpha value is -2.95. The topological polar surface area (TPSA) is 59.8 Å². The number of carbonyl (C=O) groups is 1. The molecule has 0 aliphatic carbocycles. The lowest BCUT2D eigenvalue weighted by molar-refractivity contribution is 0.253. The number of nitrogens with one attached hydrogen (secondary N) is 1. The molecular weight excluding hydrogens is 264 g/mol. The molecule has 0 spiro atoms. The number of imidazole rings is 1. The molecule has 0 aliphatic heterocycles. The molecule has 0 bridgehead atoms. The number of anilines is 1. The predicted molar refractivity (Wildman–Crippen MR) is 81.1 cm³/mol. The van der Waals surface area contributed by atoms with Crippen LogP contribution in [0.15, 0.2) is 61.3 Å². The van der Waals surface area contributed by atoms with E-state index in [9.17, 15) is 4.79 Å². The molecule has 5 nitrogen and oxygen atoms in total. The van der Waals surface area contributed by atoms with Crippen molar-refractivity contribution in [3.63, 3.8) is 0 Å². The van der Waals surface area contributed by atoms with Crippen molar-refractivity contribution in [1.29, 1.82) is 0 Å². The molecule has 0 aliphatic rings. The Bertz CT molecular complexity index is 751. The summed E-state index contributed by atoms with van der Waals surface area (Å²) in [5.41, 5.74) is 3.71. The molecule has 2 aromatic heterocycles. The van der Waals surface area contributed by atoms with Crippen LogP contribution in [0, 0.1) is 6.92 Å². The normalized spacial score (nSPS) is 10.3. The summed E-state index contributed by atoms with van der Waals surface area (Å²) in [6.45, 7) is 2.02. The lowest BCUT2D eigenvalue weighted by Gasteiger charge is -2.10. The number of carbonyl (C=O) groups excluding carboxylic acids is 1. The van der Waals surface area contributed by atoms with Gasteiger partial charge < -0.3 is 5.32 Å². The highest BCUT2D eigenvalue weighted by molar-refractivity contribution is 5.91. The Morgan fingerprint density at radius 2 is 2.10 bits per heavy atom. The summed E-state index contributed by atoms with van der Waals surface area (Å²) in [4.78, 5) is 20.2. The van der Waals surface area contributed by atoms with Gasteiger partial charge in [0.25, 0.3) is 0 Å². The smallest absolute Gasteiger partial charge is 0.307 e. The van der Waals surface area contributed by atoms with Crippen molar-refractivity contribution in [3.8, 4) is 11.3 Å². The fourth-order valence-electron chi connectivity index (χ4n) is 2.07. The summed E-state index contributed by atoms with van der Waals surface area (Å²) in [5.74, 6) is 0. The van der Waals surface area contributed by atoms with Gasteiger partial charge in [-0.25, -0.2) is 9.78 Å². The summed E-state index contributed by atoms with van der Waals surface area (Å²) in [7, 11) is 0. The monoisotopic (exact) mass is 278 g/mol. The second-order valence-corrected chi connectivity index (χ2v) is 4.64. The molecule has 0 saturated carbocycles. The summed E-state index contributed by atoms with van der Waals surface area (Å²) >= 11 is 0. The fourth-order valence-corrected chi connectivity index (χ4v) is 2.07. The lowest BCUT2D eigenvalue weighted by Crippen LogP contribution is -2.17. The first-order valence-electron chi connectivity index (χ1n) is 6.55. The summed E-state index contributed by atoms with van der Waals surface area (Å²) < 4.78 is 1.39. The van der Waals surface area contributed by atoms with Crippen molar-refractivity contribution in [2.45, 2.75) is 6.92 Å². The highest BCUT2D eigenvalue weighted by Crippen LogP contribution is 2.24. The van der Waals surface area contributed by atoms with E-state index in [1.165, 1.54) is 10.9 Å². The van der Waals surface area contributed by atoms with Crippen molar-refractivity contribution in [2.75, 3.05) is 5.32 Å². The molecule has 0 saturated heterocycles. The predicted octanol–water partition coefficient (Wildman–Crippen LogP) is 3.33. The first kappa shape index (κ1) is 13.1. The van der Waals surface area contributed by atoms with E-state index in [2.05, 4.69) is 15.3 Å². The minimum Gasteiger partial charge on any atom is -0.307 e. The molecule has 1 amide bonds. The van der Waals surface area contributed by atoms with Gasteiger partial charge in [-0.2, -0.15) is 0 Å². The number of amides is 1. The molecule has 1 aromatic carbocycles. The summed E-state index contributed by atoms with van der Waals surface area (Å²) in [6.07, 6.45) is 6.38. The highest BCUT2D eigenvalue weighted by Gasteiger charge is 2.08. The molecule has 0 radical (unpaired) electrons. The van der Waals surface area contributed by atoms with Crippen LogP contribution in [0.2, 0.25) is 0 Å². The van der Waals surface area contributed by atoms with E-state index in [4.69, 9.17) is 0 Å². The molecule has 21 heavy (non-hydrogen) atoms. The minimum absolute atomic E-state index is 0.247. The lowest BCUT2D eigenvalue weighted by atomic mass is 10.0. The van der Waals surface area contributed by atoms with Gasteiger partial charge in [-0.15, -0.1) is 0 Å². The average molecular weight is 278 g/mol. The van der Waals surface area contributed by atoms with Crippen LogP contribution in [-0.4, -0.2) is 20.6 Å². The van der Waals surface area contributed by atoms with Gasteiger partial charge in [-0.05, 0) is 36.8 Å². The third-order valence-corrected chi connectivity index (χ3v) is 3.17. The molecule has 5 heteroatoms. The van der Waals surface area contributed by atoms with E-state index in [0.29, 0.717) is 0 Å². The van der Waals surface area contributed by atoms with Crippen molar-refractivity contribution < 1.29 is 4.79 Å². The number of aromatic nitrogens is 3. The van der Waals surface area contributed by atoms with Crippen molar-refractivity contribution in [3.05, 3.63) is 66.9 Å². The average Bonchev–Trinajstić information content (AvgIpc) is 3.04. The Kier molecular flexibility index (Phi) is 3.47. The summed E-state index contributed by atoms with van der Waals surface area (Å²) in [6, 6.07) is 11.3. The zero-order valence-corrected chi connectivity index (χ0v) is 11.5. The van der Waals surface area contributed by atoms with Crippen LogP contribution < -0.4 is 5.32 Å². The zero-order valence-electron chi connectivity index (χ0n) is 11.5. The molecule has 0 unspecified atom stereocenters. The van der Waals surface area contributed by atoms with E-state index in [1.807, 2.05) is 43.3 Å². The quantitative estimate of drug-likeness (QED) is 0.782. The second-order valence-electron chi connectivity index (χ2n) is 4.64. The summed E-state index contributed by atoms with van der Waals surface area (Å²) in [5, 5.41) is 2.84. The Morgan fingerprint density at radius 1 is 1.19 bits per heavy atom. The molecule has 0 fully saturated rings. The van der Waals surface area contributed by atoms with Gasteiger partial charge in [0.05, 0.1) is 5.69 Å². The Balaban J connectivity index is 1.90. The van der Waals surface area contributed by atoms with Gasteiger partial charge in [0.2, 0.25) is 0 Å². The molecule has 3 aromatic rings. The largest absolute Gasteiger partial charge is 0.331 e. The third-order valence-electron chi connectivity index (χ3n) is 3.17. The van der Waals surface area contributed by atoms with E-state index < -0.39 is 0 Å². The number of benzene rings is 1. The number of hydrogen-bond acceptors (Lipinski definition) is 3. The van der Waals surface area contributed by atoms with Crippen LogP contribution in [0.1, 0.15) is 5.56 Å². The maximum Gasteiger partial charge on any atom is 0.331 e. The number of pyridine rings is 1. The van der Waals surface area contributed by atoms with Gasteiger partial charge in [0.15, 0.2) is 0 Å². The fraction of sp³-hybridized carbons (Fsp3) is 0.0625. The van der Waals surface area contributed by atoms with Crippen molar-refractivity contribution in [1.82, 2.24) is 14.5 Å². The van der Waals surface area contributed by atoms with Crippen LogP contribution in [0.25, 0.3) is 11.3 Å². The first-order valence-corrected chi connectivity index (χ1v) is 6.55. The maximum absolute atomic E-state index is 12.0. The van der Waals surface area contributed by atoms with E-state index >= 15 is 0 Å². The first-order chi connectivity index (χ1) is 10.2. The van der Waals surface area contributed by atoms with E-state index in [0.717, 1.165) is 22.5 Å². The molecule has 1 N–H and O–H groups in total. The van der Waals surface area contributed by atoms with Crippen LogP contribution in [0.3, 0.4) is 0 Å². The van der Waals surface area contributed by atoms with Gasteiger partial charge in [-0.3, -0.25) is 9.55 Å². The van der Waals surface area contributed by atoms with Gasteiger partial charge >= 0.3 is 6.03 Å². The molecular formula is C16H14N4O. The van der Waals surface area contributed by atoms with Crippen molar-refractivity contribution in [2.24, 2.45) is 0 Å². The van der Waals surface area contributed by atoms with Crippen LogP contribution >= 0.6 is 0 Å². The minimum atomic E-state index is -0.247. The van der Waals surface area contributed by atoms with Crippen LogP contribution in [-0.2, 0) is 0 Å². The van der Waals surface area contributed by atoms with Crippen LogP contribution in [0.4, 0.5) is 10.5 Å². The Morgan fingerprint density at radius 3 is 2.81 bits per heavy atom. The number of aryl methyl sites for hydroxylation is 1. The van der Waals surface area contributed by atoms with Gasteiger partial charge in [-0.1, -0.05) is 12.1 Å². The highest BCUT2D eigenvalue weighted by atomic mass is 16.2. The maximum atomic E-state index is 12.0. The molecule has 104 valence electrons. The third kappa shape index (κ3) is 2.81. The molecule has 0 atom stereocenters. The van der Waals surface area contributed by atoms with E-state index in [1.54, 1.807) is 18.6 Å². The van der Waals surface area contributed by atoms with Gasteiger partial charge in [0, 0.05) is 29.8 Å². The van der Waals surface area contributed by atoms with E-state index in [-0.39, 0.29) is 6.03 Å². The number of nitrogens with zero attached hydrogens (tertiary/aromatic N) is 3. The van der Waals surface area contributed by atoms with Gasteiger partial charge in [0.1, 0.15) is 6.33 Å². The SMILES string of the molecule is Cc1ccc(NC(=O)n2ccnc2)cc1-c1ccccn1. The number of hydrogen-bond donors (Lipinski definition) is 1. The van der Waals surface area contributed by atoms with Crippen LogP contribution in [0.5, 0.6) is 0 Å². The number of rotatable bonds is 2. The Labute approximate surface area is 122 Å².